The van der Waals surface area contributed by atoms with E-state index in [1.165, 1.54) is 35.6 Å². The molecule has 5 rings (SSSR count). The van der Waals surface area contributed by atoms with Crippen molar-refractivity contribution in [2.75, 3.05) is 6.61 Å². The zero-order valence-electron chi connectivity index (χ0n) is 22.4. The molecule has 0 saturated heterocycles. The number of hydrogen-bond donors (Lipinski definition) is 2. The van der Waals surface area contributed by atoms with Crippen LogP contribution in [0.15, 0.2) is 83.9 Å². The Hall–Kier alpha value is -4.16. The van der Waals surface area contributed by atoms with Gasteiger partial charge in [-0.15, -0.1) is 11.3 Å². The first-order valence-corrected chi connectivity index (χ1v) is 15.3. The van der Waals surface area contributed by atoms with E-state index in [1.807, 2.05) is 13.0 Å². The summed E-state index contributed by atoms with van der Waals surface area (Å²) < 4.78 is 71.8. The van der Waals surface area contributed by atoms with Crippen LogP contribution in [0.3, 0.4) is 0 Å². The predicted octanol–water partition coefficient (Wildman–Crippen LogP) is 6.54. The zero-order chi connectivity index (χ0) is 29.9. The fraction of sp³-hybridized carbons (Fsp3) is 0.200. The van der Waals surface area contributed by atoms with Crippen molar-refractivity contribution in [1.82, 2.24) is 14.7 Å². The lowest BCUT2D eigenvalue weighted by Gasteiger charge is -2.08. The van der Waals surface area contributed by atoms with Crippen LogP contribution in [0.4, 0.5) is 13.2 Å². The highest BCUT2D eigenvalue weighted by molar-refractivity contribution is 7.90. The smallest absolute Gasteiger partial charge is 0.416 e. The summed E-state index contributed by atoms with van der Waals surface area (Å²) in [5, 5.41) is 1.38. The van der Waals surface area contributed by atoms with E-state index in [2.05, 4.69) is 14.7 Å². The number of thiazole rings is 1. The van der Waals surface area contributed by atoms with E-state index in [9.17, 15) is 26.4 Å². The number of carbonyl (C=O) groups is 1. The van der Waals surface area contributed by atoms with E-state index in [-0.39, 0.29) is 11.3 Å². The molecule has 2 aromatic heterocycles. The summed E-state index contributed by atoms with van der Waals surface area (Å²) in [6, 6.07) is 18.0. The highest BCUT2D eigenvalue weighted by atomic mass is 32.2. The minimum Gasteiger partial charge on any atom is -0.493 e. The van der Waals surface area contributed by atoms with Crippen LogP contribution < -0.4 is 9.46 Å². The average Bonchev–Trinajstić information content (AvgIpc) is 3.56. The Labute approximate surface area is 244 Å². The third kappa shape index (κ3) is 6.66. The molecule has 218 valence electrons. The number of alkyl halides is 3. The van der Waals surface area contributed by atoms with Crippen LogP contribution in [0.2, 0.25) is 0 Å². The molecular weight excluding hydrogens is 587 g/mol. The molecule has 0 atom stereocenters. The van der Waals surface area contributed by atoms with Crippen molar-refractivity contribution in [3.8, 4) is 16.3 Å². The molecule has 42 heavy (non-hydrogen) atoms. The highest BCUT2D eigenvalue weighted by Gasteiger charge is 2.30. The lowest BCUT2D eigenvalue weighted by molar-refractivity contribution is -0.137. The molecule has 0 aliphatic carbocycles. The molecule has 2 N–H and O–H groups in total. The van der Waals surface area contributed by atoms with Crippen molar-refractivity contribution in [3.63, 3.8) is 0 Å². The van der Waals surface area contributed by atoms with Crippen LogP contribution >= 0.6 is 11.3 Å². The first-order chi connectivity index (χ1) is 20.0. The number of nitrogens with one attached hydrogen (secondary N) is 2. The lowest BCUT2D eigenvalue weighted by atomic mass is 10.1. The van der Waals surface area contributed by atoms with E-state index in [1.54, 1.807) is 36.5 Å². The van der Waals surface area contributed by atoms with Crippen LogP contribution in [0.25, 0.3) is 21.5 Å². The maximum absolute atomic E-state index is 12.9. The van der Waals surface area contributed by atoms with E-state index < -0.39 is 27.7 Å². The van der Waals surface area contributed by atoms with Gasteiger partial charge >= 0.3 is 6.18 Å². The van der Waals surface area contributed by atoms with Crippen LogP contribution in [0.5, 0.6) is 5.75 Å². The number of carbonyl (C=O) groups excluding carboxylic acids is 1. The van der Waals surface area contributed by atoms with Gasteiger partial charge in [-0.2, -0.15) is 13.2 Å². The van der Waals surface area contributed by atoms with Crippen LogP contribution in [-0.4, -0.2) is 30.9 Å². The van der Waals surface area contributed by atoms with Crippen molar-refractivity contribution in [2.45, 2.75) is 37.3 Å². The molecule has 5 aromatic rings. The number of aromatic amines is 1. The Morgan fingerprint density at radius 3 is 2.48 bits per heavy atom. The number of H-pyrrole nitrogens is 1. The number of benzene rings is 3. The van der Waals surface area contributed by atoms with Gasteiger partial charge in [0.05, 0.1) is 29.2 Å². The van der Waals surface area contributed by atoms with Gasteiger partial charge < -0.3 is 9.72 Å². The number of fused-ring (bicyclic) bond motifs is 1. The normalized spacial score (nSPS) is 12.0. The molecule has 0 radical (unpaired) electrons. The fourth-order valence-electron chi connectivity index (χ4n) is 4.46. The minimum absolute atomic E-state index is 0.00536. The molecule has 0 aliphatic heterocycles. The Morgan fingerprint density at radius 2 is 1.79 bits per heavy atom. The van der Waals surface area contributed by atoms with Gasteiger partial charge in [-0.1, -0.05) is 37.3 Å². The average molecular weight is 614 g/mol. The van der Waals surface area contributed by atoms with Gasteiger partial charge in [0.1, 0.15) is 10.8 Å². The molecule has 7 nitrogen and oxygen atoms in total. The van der Waals surface area contributed by atoms with Crippen molar-refractivity contribution in [3.05, 3.63) is 101 Å². The number of amides is 1. The summed E-state index contributed by atoms with van der Waals surface area (Å²) in [4.78, 5) is 21.4. The standard InChI is InChI=1S/C30H26F3N3O4S2/c1-2-27-26(35-29(41-27)19-8-10-21(11-9-19)30(31,32)33)14-15-40-22-12-13-25-24(17-22)20(18-34-25)16-28(37)36-42(38,39)23-6-4-3-5-7-23/h3-13,17-18,34H,2,14-16H2,1H3,(H,36,37). The summed E-state index contributed by atoms with van der Waals surface area (Å²) in [6.07, 6.45) is -1.65. The number of rotatable bonds is 10. The van der Waals surface area contributed by atoms with E-state index in [0.29, 0.717) is 34.9 Å². The maximum Gasteiger partial charge on any atom is 0.416 e. The lowest BCUT2D eigenvalue weighted by Crippen LogP contribution is -2.31. The third-order valence-corrected chi connectivity index (χ3v) is 9.24. The number of halogens is 3. The van der Waals surface area contributed by atoms with Crippen LogP contribution in [0.1, 0.15) is 28.6 Å². The zero-order valence-corrected chi connectivity index (χ0v) is 24.0. The monoisotopic (exact) mass is 613 g/mol. The van der Waals surface area contributed by atoms with E-state index >= 15 is 0 Å². The van der Waals surface area contributed by atoms with Gasteiger partial charge in [0.15, 0.2) is 0 Å². The Kier molecular flexibility index (Phi) is 8.37. The van der Waals surface area contributed by atoms with E-state index in [0.717, 1.165) is 40.0 Å². The second-order valence-corrected chi connectivity index (χ2v) is 12.2. The molecule has 0 bridgehead atoms. The van der Waals surface area contributed by atoms with Gasteiger partial charge in [0.25, 0.3) is 10.0 Å². The fourth-order valence-corrected chi connectivity index (χ4v) is 6.51. The van der Waals surface area contributed by atoms with Crippen LogP contribution in [0, 0.1) is 0 Å². The summed E-state index contributed by atoms with van der Waals surface area (Å²) in [5.41, 5.74) is 2.14. The minimum atomic E-state index is -4.39. The molecule has 0 fully saturated rings. The summed E-state index contributed by atoms with van der Waals surface area (Å²) in [7, 11) is -3.98. The summed E-state index contributed by atoms with van der Waals surface area (Å²) in [6.45, 7) is 2.31. The number of ether oxygens (including phenoxy) is 1. The molecule has 1 amide bonds. The van der Waals surface area contributed by atoms with Crippen molar-refractivity contribution in [1.29, 1.82) is 0 Å². The quantitative estimate of drug-likeness (QED) is 0.186. The van der Waals surface area contributed by atoms with Gasteiger partial charge in [-0.05, 0) is 54.4 Å². The van der Waals surface area contributed by atoms with Crippen molar-refractivity contribution in [2.24, 2.45) is 0 Å². The summed E-state index contributed by atoms with van der Waals surface area (Å²) >= 11 is 1.45. The first-order valence-electron chi connectivity index (χ1n) is 13.0. The molecule has 3 aromatic carbocycles. The number of sulfonamides is 1. The van der Waals surface area contributed by atoms with Gasteiger partial charge in [-0.3, -0.25) is 4.79 Å². The first kappa shape index (κ1) is 29.3. The van der Waals surface area contributed by atoms with Gasteiger partial charge in [0, 0.05) is 34.0 Å². The number of nitrogens with zero attached hydrogens (tertiary/aromatic N) is 1. The molecule has 0 saturated carbocycles. The largest absolute Gasteiger partial charge is 0.493 e. The van der Waals surface area contributed by atoms with Crippen LogP contribution in [-0.2, 0) is 40.3 Å². The molecule has 2 heterocycles. The Balaban J connectivity index is 1.24. The third-order valence-electron chi connectivity index (χ3n) is 6.56. The highest BCUT2D eigenvalue weighted by Crippen LogP contribution is 2.33. The second-order valence-electron chi connectivity index (χ2n) is 9.46. The summed E-state index contributed by atoms with van der Waals surface area (Å²) in [5.74, 6) is -0.0949. The Morgan fingerprint density at radius 1 is 1.05 bits per heavy atom. The topological polar surface area (TPSA) is 101 Å². The second kappa shape index (κ2) is 12.0. The Bertz CT molecular complexity index is 1810. The van der Waals surface area contributed by atoms with Gasteiger partial charge in [0.2, 0.25) is 5.91 Å². The number of hydrogen-bond acceptors (Lipinski definition) is 6. The molecule has 0 spiro atoms. The predicted molar refractivity (Wildman–Crippen MR) is 155 cm³/mol. The number of aryl methyl sites for hydroxylation is 1. The molecular formula is C30H26F3N3O4S2. The molecule has 0 unspecified atom stereocenters. The molecule has 0 aliphatic rings. The molecule has 12 heteroatoms. The SMILES string of the molecule is CCc1sc(-c2ccc(C(F)(F)F)cc2)nc1CCOc1ccc2[nH]cc(CC(=O)NS(=O)(=O)c3ccccc3)c2c1. The van der Waals surface area contributed by atoms with Crippen molar-refractivity contribution < 1.29 is 31.1 Å². The van der Waals surface area contributed by atoms with Crippen molar-refractivity contribution >= 4 is 38.2 Å². The van der Waals surface area contributed by atoms with Gasteiger partial charge in [-0.25, -0.2) is 18.1 Å². The number of aromatic nitrogens is 2. The van der Waals surface area contributed by atoms with E-state index in [4.69, 9.17) is 4.74 Å². The maximum atomic E-state index is 12.9.